The van der Waals surface area contributed by atoms with Crippen molar-refractivity contribution in [1.82, 2.24) is 9.59 Å². The van der Waals surface area contributed by atoms with Crippen LogP contribution >= 0.6 is 11.5 Å². The Kier molecular flexibility index (Phi) is 3.76. The average molecular weight is 291 g/mol. The van der Waals surface area contributed by atoms with Crippen molar-refractivity contribution in [3.8, 4) is 5.75 Å². The minimum absolute atomic E-state index is 0.143. The molecule has 5 nitrogen and oxygen atoms in total. The molecule has 106 valence electrons. The maximum absolute atomic E-state index is 12.6. The van der Waals surface area contributed by atoms with Crippen molar-refractivity contribution in [2.24, 2.45) is 0 Å². The van der Waals surface area contributed by atoms with Gasteiger partial charge in [0.25, 0.3) is 5.91 Å². The lowest BCUT2D eigenvalue weighted by molar-refractivity contribution is 0.0994. The number of anilines is 1. The summed E-state index contributed by atoms with van der Waals surface area (Å²) in [6.07, 6.45) is 0. The number of phenols is 1. The highest BCUT2D eigenvalue weighted by atomic mass is 32.1. The first-order chi connectivity index (χ1) is 9.30. The molecular formula is C14H17N3O2S. The number of hydrogen-bond donors (Lipinski definition) is 1. The fourth-order valence-electron chi connectivity index (χ4n) is 1.77. The molecule has 20 heavy (non-hydrogen) atoms. The van der Waals surface area contributed by atoms with Crippen LogP contribution in [0.1, 0.15) is 36.1 Å². The van der Waals surface area contributed by atoms with Gasteiger partial charge >= 0.3 is 0 Å². The number of nitrogens with zero attached hydrogens (tertiary/aromatic N) is 3. The molecule has 1 N–H and O–H groups in total. The van der Waals surface area contributed by atoms with Gasteiger partial charge in [0.15, 0.2) is 0 Å². The van der Waals surface area contributed by atoms with E-state index in [2.05, 4.69) is 9.59 Å². The first-order valence-corrected chi connectivity index (χ1v) is 6.98. The van der Waals surface area contributed by atoms with Crippen LogP contribution < -0.4 is 4.90 Å². The van der Waals surface area contributed by atoms with Gasteiger partial charge in [-0.25, -0.2) is 0 Å². The Morgan fingerprint density at radius 2 is 1.85 bits per heavy atom. The summed E-state index contributed by atoms with van der Waals surface area (Å²) >= 11 is 1.11. The van der Waals surface area contributed by atoms with E-state index in [9.17, 15) is 9.90 Å². The van der Waals surface area contributed by atoms with Crippen LogP contribution in [0, 0.1) is 0 Å². The highest BCUT2D eigenvalue weighted by Crippen LogP contribution is 2.28. The number of phenolic OH excluding ortho intramolecular Hbond substituents is 1. The third kappa shape index (κ3) is 2.80. The Hall–Kier alpha value is -1.95. The van der Waals surface area contributed by atoms with Gasteiger partial charge in [0.05, 0.1) is 5.69 Å². The molecule has 0 aliphatic heterocycles. The van der Waals surface area contributed by atoms with Crippen LogP contribution in [-0.2, 0) is 5.41 Å². The van der Waals surface area contributed by atoms with Gasteiger partial charge in [-0.3, -0.25) is 4.79 Å². The van der Waals surface area contributed by atoms with Gasteiger partial charge in [0, 0.05) is 18.2 Å². The summed E-state index contributed by atoms with van der Waals surface area (Å²) in [5.74, 6) is 0.0278. The van der Waals surface area contributed by atoms with E-state index in [0.717, 1.165) is 11.5 Å². The van der Waals surface area contributed by atoms with Crippen LogP contribution in [0.2, 0.25) is 0 Å². The number of carbonyl (C=O) groups is 1. The number of rotatable bonds is 2. The maximum atomic E-state index is 12.6. The third-order valence-corrected chi connectivity index (χ3v) is 3.65. The fourth-order valence-corrected chi connectivity index (χ4v) is 2.62. The largest absolute Gasteiger partial charge is 0.508 e. The number of hydrogen-bond acceptors (Lipinski definition) is 5. The van der Waals surface area contributed by atoms with Gasteiger partial charge in [-0.05, 0) is 35.8 Å². The standard InChI is InChI=1S/C14H17N3O2S/c1-14(2,3)12-11(20-16-15-12)13(19)17(4)9-5-7-10(18)8-6-9/h5-8,18H,1-4H3. The molecule has 2 rings (SSSR count). The molecule has 1 amide bonds. The molecule has 0 aliphatic carbocycles. The van der Waals surface area contributed by atoms with E-state index >= 15 is 0 Å². The second-order valence-electron chi connectivity index (χ2n) is 5.58. The number of benzene rings is 1. The Bertz CT molecular complexity index is 614. The van der Waals surface area contributed by atoms with Crippen molar-refractivity contribution in [1.29, 1.82) is 0 Å². The van der Waals surface area contributed by atoms with Crippen molar-refractivity contribution in [2.45, 2.75) is 26.2 Å². The molecule has 0 radical (unpaired) electrons. The van der Waals surface area contributed by atoms with Gasteiger partial charge < -0.3 is 10.0 Å². The van der Waals surface area contributed by atoms with E-state index < -0.39 is 0 Å². The third-order valence-electron chi connectivity index (χ3n) is 2.93. The van der Waals surface area contributed by atoms with Gasteiger partial charge in [-0.1, -0.05) is 25.3 Å². The van der Waals surface area contributed by atoms with Crippen LogP contribution in [0.4, 0.5) is 5.69 Å². The second-order valence-corrected chi connectivity index (χ2v) is 6.34. The zero-order valence-electron chi connectivity index (χ0n) is 11.9. The SMILES string of the molecule is CN(C(=O)c1snnc1C(C)(C)C)c1ccc(O)cc1. The molecule has 1 aromatic carbocycles. The summed E-state index contributed by atoms with van der Waals surface area (Å²) in [5, 5.41) is 13.4. The molecule has 0 unspecified atom stereocenters. The quantitative estimate of drug-likeness (QED) is 0.924. The van der Waals surface area contributed by atoms with E-state index in [4.69, 9.17) is 0 Å². The van der Waals surface area contributed by atoms with Gasteiger partial charge in [0.1, 0.15) is 10.6 Å². The summed E-state index contributed by atoms with van der Waals surface area (Å²) in [6.45, 7) is 6.00. The smallest absolute Gasteiger partial charge is 0.271 e. The molecule has 0 fully saturated rings. The lowest BCUT2D eigenvalue weighted by Crippen LogP contribution is -2.28. The minimum Gasteiger partial charge on any atom is -0.508 e. The van der Waals surface area contributed by atoms with Gasteiger partial charge in [0.2, 0.25) is 0 Å². The summed E-state index contributed by atoms with van der Waals surface area (Å²) in [4.78, 5) is 14.6. The monoisotopic (exact) mass is 291 g/mol. The zero-order chi connectivity index (χ0) is 14.9. The Morgan fingerprint density at radius 1 is 1.25 bits per heavy atom. The molecule has 0 bridgehead atoms. The van der Waals surface area contributed by atoms with Crippen molar-refractivity contribution >= 4 is 23.1 Å². The van der Waals surface area contributed by atoms with Crippen LogP contribution in [0.15, 0.2) is 24.3 Å². The summed E-state index contributed by atoms with van der Waals surface area (Å²) in [5.41, 5.74) is 1.19. The summed E-state index contributed by atoms with van der Waals surface area (Å²) in [6, 6.07) is 6.49. The van der Waals surface area contributed by atoms with Crippen LogP contribution in [0.5, 0.6) is 5.75 Å². The lowest BCUT2D eigenvalue weighted by atomic mass is 9.91. The molecule has 0 aliphatic rings. The molecule has 1 aromatic heterocycles. The number of carbonyl (C=O) groups excluding carboxylic acids is 1. The highest BCUT2D eigenvalue weighted by molar-refractivity contribution is 7.08. The predicted octanol–water partition coefficient (Wildman–Crippen LogP) is 2.82. The normalized spacial score (nSPS) is 11.4. The first kappa shape index (κ1) is 14.5. The van der Waals surface area contributed by atoms with Gasteiger partial charge in [-0.15, -0.1) is 5.10 Å². The number of aromatic nitrogens is 2. The van der Waals surface area contributed by atoms with Crippen LogP contribution in [-0.4, -0.2) is 27.6 Å². The molecule has 0 spiro atoms. The van der Waals surface area contributed by atoms with Crippen molar-refractivity contribution < 1.29 is 9.90 Å². The zero-order valence-corrected chi connectivity index (χ0v) is 12.7. The van der Waals surface area contributed by atoms with Gasteiger partial charge in [-0.2, -0.15) is 0 Å². The molecule has 6 heteroatoms. The van der Waals surface area contributed by atoms with E-state index in [0.29, 0.717) is 16.3 Å². The van der Waals surface area contributed by atoms with Crippen molar-refractivity contribution in [2.75, 3.05) is 11.9 Å². The summed E-state index contributed by atoms with van der Waals surface area (Å²) < 4.78 is 3.90. The van der Waals surface area contributed by atoms with Crippen LogP contribution in [0.25, 0.3) is 0 Å². The maximum Gasteiger partial charge on any atom is 0.271 e. The lowest BCUT2D eigenvalue weighted by Gasteiger charge is -2.20. The summed E-state index contributed by atoms with van der Waals surface area (Å²) in [7, 11) is 1.70. The van der Waals surface area contributed by atoms with Crippen molar-refractivity contribution in [3.05, 3.63) is 34.8 Å². The Morgan fingerprint density at radius 3 is 2.40 bits per heavy atom. The fraction of sp³-hybridized carbons (Fsp3) is 0.357. The first-order valence-electron chi connectivity index (χ1n) is 6.20. The Balaban J connectivity index is 2.32. The molecule has 1 heterocycles. The second kappa shape index (κ2) is 5.20. The molecular weight excluding hydrogens is 274 g/mol. The number of aromatic hydroxyl groups is 1. The molecule has 0 saturated heterocycles. The molecule has 0 saturated carbocycles. The average Bonchev–Trinajstić information content (AvgIpc) is 2.87. The highest BCUT2D eigenvalue weighted by Gasteiger charge is 2.28. The molecule has 2 aromatic rings. The Labute approximate surface area is 122 Å². The predicted molar refractivity (Wildman–Crippen MR) is 79.4 cm³/mol. The van der Waals surface area contributed by atoms with Crippen molar-refractivity contribution in [3.63, 3.8) is 0 Å². The van der Waals surface area contributed by atoms with Crippen LogP contribution in [0.3, 0.4) is 0 Å². The minimum atomic E-state index is -0.228. The number of amides is 1. The topological polar surface area (TPSA) is 66.3 Å². The van der Waals surface area contributed by atoms with E-state index in [1.165, 1.54) is 4.90 Å². The van der Waals surface area contributed by atoms with E-state index in [-0.39, 0.29) is 17.1 Å². The van der Waals surface area contributed by atoms with E-state index in [1.54, 1.807) is 31.3 Å². The molecule has 0 atom stereocenters. The van der Waals surface area contributed by atoms with E-state index in [1.807, 2.05) is 20.8 Å².